The van der Waals surface area contributed by atoms with Crippen LogP contribution >= 0.6 is 0 Å². The summed E-state index contributed by atoms with van der Waals surface area (Å²) in [6.45, 7) is 5.06. The minimum atomic E-state index is -4.92. The van der Waals surface area contributed by atoms with Crippen molar-refractivity contribution in [1.29, 1.82) is 0 Å². The maximum Gasteiger partial charge on any atom is 1.00 e. The molecule has 0 heterocycles. The molecule has 0 unspecified atom stereocenters. The van der Waals surface area contributed by atoms with E-state index in [1.165, 1.54) is 13.8 Å². The first kappa shape index (κ1) is 22.8. The molecule has 0 aromatic heterocycles. The third kappa shape index (κ3) is 19600. The molecule has 0 aromatic rings. The summed E-state index contributed by atoms with van der Waals surface area (Å²) in [7, 11) is -4.92. The van der Waals surface area contributed by atoms with Crippen molar-refractivity contribution in [3.05, 3.63) is 0 Å². The predicted molar refractivity (Wildman–Crippen MR) is 35.8 cm³/mol. The van der Waals surface area contributed by atoms with Gasteiger partial charge in [0.25, 0.3) is 0 Å². The van der Waals surface area contributed by atoms with Crippen molar-refractivity contribution in [2.24, 2.45) is 0 Å². The van der Waals surface area contributed by atoms with Crippen LogP contribution < -0.4 is 29.6 Å². The topological polar surface area (TPSA) is 112 Å². The molecule has 0 saturated heterocycles. The monoisotopic (exact) mass is 208 g/mol. The first-order valence-electron chi connectivity index (χ1n) is 2.18. The molecule has 0 spiro atoms. The predicted octanol–water partition coefficient (Wildman–Crippen LogP) is -3.58. The molecule has 0 aliphatic heterocycles. The fourth-order valence-corrected chi connectivity index (χ4v) is 0. The molecule has 1 N–H and O–H groups in total. The second-order valence-electron chi connectivity index (χ2n) is 1.34. The van der Waals surface area contributed by atoms with E-state index in [0.717, 1.165) is 0 Å². The molecule has 68 valence electrons. The first-order chi connectivity index (χ1) is 4.73. The van der Waals surface area contributed by atoms with Crippen molar-refractivity contribution in [3.8, 4) is 0 Å². The Labute approximate surface area is 93.2 Å². The molecule has 0 fully saturated rings. The van der Waals surface area contributed by atoms with E-state index >= 15 is 0 Å². The van der Waals surface area contributed by atoms with E-state index < -0.39 is 10.4 Å². The zero-order valence-electron chi connectivity index (χ0n) is 7.10. The van der Waals surface area contributed by atoms with Gasteiger partial charge in [0.1, 0.15) is 12.6 Å². The number of ketones is 1. The normalized spacial score (nSPS) is 7.33. The average Bonchev–Trinajstić information content (AvgIpc) is 1.63. The fraction of sp³-hybridized carbons (Fsp3) is 0.500. The Kier molecular flexibility index (Phi) is 26.1. The summed E-state index contributed by atoms with van der Waals surface area (Å²) in [6.07, 6.45) is 0. The summed E-state index contributed by atoms with van der Waals surface area (Å²) in [5.74, 6) is 0.167. The first-order valence-corrected chi connectivity index (χ1v) is 3.54. The number of rotatable bonds is 0. The zero-order valence-corrected chi connectivity index (χ0v) is 9.92. The van der Waals surface area contributed by atoms with Crippen molar-refractivity contribution >= 4 is 23.0 Å². The van der Waals surface area contributed by atoms with Crippen LogP contribution in [0.5, 0.6) is 0 Å². The molecule has 0 saturated carbocycles. The van der Waals surface area contributed by atoms with Gasteiger partial charge in [0.2, 0.25) is 10.4 Å². The molecule has 0 amide bonds. The van der Waals surface area contributed by atoms with Crippen LogP contribution in [0.25, 0.3) is 0 Å². The van der Waals surface area contributed by atoms with Gasteiger partial charge in [-0.05, 0) is 13.8 Å². The van der Waals surface area contributed by atoms with E-state index in [2.05, 4.69) is 0 Å². The summed E-state index contributed by atoms with van der Waals surface area (Å²) >= 11 is 0. The quantitative estimate of drug-likeness (QED) is 0.250. The second-order valence-corrected chi connectivity index (χ2v) is 2.19. The maximum atomic E-state index is 9.44. The summed E-state index contributed by atoms with van der Waals surface area (Å²) in [5.41, 5.74) is 0. The third-order valence-electron chi connectivity index (χ3n) is 0. The van der Waals surface area contributed by atoms with E-state index in [0.29, 0.717) is 0 Å². The molecule has 0 bridgehead atoms. The molecule has 0 aromatic carbocycles. The molecule has 0 rings (SSSR count). The zero-order chi connectivity index (χ0) is 10.1. The van der Waals surface area contributed by atoms with E-state index in [-0.39, 0.29) is 35.3 Å². The summed E-state index contributed by atoms with van der Waals surface area (Å²) < 4.78 is 32.8. The van der Waals surface area contributed by atoms with E-state index in [1.54, 1.807) is 0 Å². The van der Waals surface area contributed by atoms with E-state index in [9.17, 15) is 4.79 Å². The van der Waals surface area contributed by atoms with Crippen LogP contribution in [0.3, 0.4) is 0 Å². The van der Waals surface area contributed by atoms with Crippen molar-refractivity contribution in [2.45, 2.75) is 13.8 Å². The molecule has 6 nitrogen and oxygen atoms in total. The van der Waals surface area contributed by atoms with Gasteiger partial charge in [-0.15, -0.1) is 0 Å². The van der Waals surface area contributed by atoms with Crippen LogP contribution in [0, 0.1) is 0 Å². The van der Waals surface area contributed by atoms with Gasteiger partial charge in [-0.2, -0.15) is 0 Å². The van der Waals surface area contributed by atoms with Gasteiger partial charge in [-0.3, -0.25) is 4.55 Å². The number of hydrogen-bond donors (Lipinski definition) is 1. The van der Waals surface area contributed by atoms with Crippen LogP contribution in [-0.4, -0.2) is 30.1 Å². The number of carbonyl (C=O) groups excluding carboxylic acids is 2. The van der Waals surface area contributed by atoms with Crippen LogP contribution in [0.15, 0.2) is 0 Å². The van der Waals surface area contributed by atoms with Crippen LogP contribution in [0.1, 0.15) is 13.8 Å². The Hall–Kier alpha value is 0.210. The number of Topliss-reactive ketones (excluding diaryl/α,β-unsaturated/α-hetero) is 1. The minimum absolute atomic E-state index is 0. The van der Waals surface area contributed by atoms with Gasteiger partial charge in [-0.1, -0.05) is 0 Å². The fourth-order valence-electron chi connectivity index (χ4n) is 0. The van der Waals surface area contributed by atoms with E-state index in [1.807, 2.05) is 6.79 Å². The average molecular weight is 208 g/mol. The van der Waals surface area contributed by atoms with E-state index in [4.69, 9.17) is 22.3 Å². The van der Waals surface area contributed by atoms with Crippen molar-refractivity contribution in [3.63, 3.8) is 0 Å². The number of hydrogen-bond acceptors (Lipinski definition) is 5. The summed E-state index contributed by atoms with van der Waals surface area (Å²) in [5, 5.41) is 0. The Morgan fingerprint density at radius 1 is 1.33 bits per heavy atom. The largest absolute Gasteiger partial charge is 1.00 e. The van der Waals surface area contributed by atoms with Gasteiger partial charge < -0.3 is 14.1 Å². The molecule has 12 heavy (non-hydrogen) atoms. The SMILES string of the molecule is C=O.CC(C)=O.O=S(=O)([O-])O.[Na+]. The molecule has 0 aliphatic carbocycles. The Bertz CT molecular complexity index is 174. The Morgan fingerprint density at radius 2 is 1.33 bits per heavy atom. The Morgan fingerprint density at radius 3 is 1.33 bits per heavy atom. The van der Waals surface area contributed by atoms with Gasteiger partial charge in [0, 0.05) is 0 Å². The van der Waals surface area contributed by atoms with Crippen LogP contribution in [-0.2, 0) is 20.0 Å². The van der Waals surface area contributed by atoms with Crippen LogP contribution in [0.2, 0.25) is 0 Å². The van der Waals surface area contributed by atoms with Gasteiger partial charge in [-0.25, -0.2) is 8.42 Å². The third-order valence-corrected chi connectivity index (χ3v) is 0. The van der Waals surface area contributed by atoms with Gasteiger partial charge >= 0.3 is 29.6 Å². The second kappa shape index (κ2) is 13.8. The van der Waals surface area contributed by atoms with Crippen molar-refractivity contribution < 1.29 is 56.7 Å². The van der Waals surface area contributed by atoms with Gasteiger partial charge in [0.05, 0.1) is 0 Å². The number of carbonyl (C=O) groups is 2. The molecular weight excluding hydrogens is 199 g/mol. The van der Waals surface area contributed by atoms with Gasteiger partial charge in [0.15, 0.2) is 0 Å². The van der Waals surface area contributed by atoms with Crippen molar-refractivity contribution in [1.82, 2.24) is 0 Å². The molecule has 8 heteroatoms. The molecular formula is C4H9NaO6S. The smallest absolute Gasteiger partial charge is 0.726 e. The molecule has 0 aliphatic rings. The molecule has 0 radical (unpaired) electrons. The van der Waals surface area contributed by atoms with Crippen molar-refractivity contribution in [2.75, 3.05) is 0 Å². The maximum absolute atomic E-state index is 9.44. The van der Waals surface area contributed by atoms with Crippen LogP contribution in [0.4, 0.5) is 0 Å². The summed E-state index contributed by atoms with van der Waals surface area (Å²) in [6, 6.07) is 0. The molecule has 0 atom stereocenters. The Balaban J connectivity index is -0.0000000419. The summed E-state index contributed by atoms with van der Waals surface area (Å²) in [4.78, 5) is 17.4. The minimum Gasteiger partial charge on any atom is -0.726 e. The standard InChI is InChI=1S/C3H6O.CH2O.Na.H2O4S/c1-3(2)4;1-2;;1-5(2,3)4/h1-2H3;1H2;;(H2,1,2,3,4)/q;;+1;/p-1.